The maximum atomic E-state index is 12.2. The molecule has 1 atom stereocenters. The predicted molar refractivity (Wildman–Crippen MR) is 83.1 cm³/mol. The lowest BCUT2D eigenvalue weighted by Gasteiger charge is -2.10. The van der Waals surface area contributed by atoms with Crippen LogP contribution in [-0.4, -0.2) is 25.7 Å². The Labute approximate surface area is 124 Å². The molecule has 1 fully saturated rings. The van der Waals surface area contributed by atoms with Gasteiger partial charge >= 0.3 is 0 Å². The Hall–Kier alpha value is -2.13. The van der Waals surface area contributed by atoms with E-state index in [9.17, 15) is 4.79 Å². The van der Waals surface area contributed by atoms with Crippen molar-refractivity contribution < 1.29 is 9.53 Å². The minimum absolute atomic E-state index is 0.0142. The highest BCUT2D eigenvalue weighted by molar-refractivity contribution is 5.95. The van der Waals surface area contributed by atoms with Gasteiger partial charge < -0.3 is 10.1 Å². The molecule has 1 aliphatic rings. The average molecular weight is 281 g/mol. The molecule has 1 saturated heterocycles. The van der Waals surface area contributed by atoms with E-state index in [1.807, 2.05) is 54.6 Å². The fourth-order valence-corrected chi connectivity index (χ4v) is 2.55. The molecule has 0 aromatic heterocycles. The standard InChI is InChI=1S/C18H19NO2/c20-18(19-12-14-9-10-21-13-14)17-8-4-7-16(11-17)15-5-2-1-3-6-15/h1-8,11,14H,9-10,12-13H2,(H,19,20). The molecular weight excluding hydrogens is 262 g/mol. The zero-order chi connectivity index (χ0) is 14.5. The Balaban J connectivity index is 1.69. The van der Waals surface area contributed by atoms with Crippen molar-refractivity contribution in [2.24, 2.45) is 5.92 Å². The molecule has 0 aliphatic carbocycles. The molecule has 1 aliphatic heterocycles. The predicted octanol–water partition coefficient (Wildman–Crippen LogP) is 3.12. The summed E-state index contributed by atoms with van der Waals surface area (Å²) in [5.41, 5.74) is 2.89. The van der Waals surface area contributed by atoms with Gasteiger partial charge in [-0.1, -0.05) is 42.5 Å². The zero-order valence-corrected chi connectivity index (χ0v) is 11.9. The van der Waals surface area contributed by atoms with Crippen molar-refractivity contribution in [2.45, 2.75) is 6.42 Å². The molecular formula is C18H19NO2. The van der Waals surface area contributed by atoms with Gasteiger partial charge in [-0.15, -0.1) is 0 Å². The fourth-order valence-electron chi connectivity index (χ4n) is 2.55. The van der Waals surface area contributed by atoms with E-state index in [4.69, 9.17) is 4.74 Å². The number of benzene rings is 2. The second-order valence-corrected chi connectivity index (χ2v) is 5.39. The Morgan fingerprint density at radius 1 is 1.10 bits per heavy atom. The van der Waals surface area contributed by atoms with Crippen molar-refractivity contribution in [2.75, 3.05) is 19.8 Å². The maximum Gasteiger partial charge on any atom is 0.251 e. The first-order valence-electron chi connectivity index (χ1n) is 7.34. The third kappa shape index (κ3) is 3.50. The summed E-state index contributed by atoms with van der Waals surface area (Å²) in [4.78, 5) is 12.2. The van der Waals surface area contributed by atoms with Gasteiger partial charge in [0.1, 0.15) is 0 Å². The third-order valence-corrected chi connectivity index (χ3v) is 3.81. The Morgan fingerprint density at radius 3 is 2.67 bits per heavy atom. The third-order valence-electron chi connectivity index (χ3n) is 3.81. The monoisotopic (exact) mass is 281 g/mol. The number of rotatable bonds is 4. The molecule has 1 heterocycles. The van der Waals surface area contributed by atoms with E-state index < -0.39 is 0 Å². The first-order valence-corrected chi connectivity index (χ1v) is 7.34. The molecule has 0 spiro atoms. The zero-order valence-electron chi connectivity index (χ0n) is 11.9. The van der Waals surface area contributed by atoms with Crippen molar-refractivity contribution in [3.8, 4) is 11.1 Å². The van der Waals surface area contributed by atoms with Crippen LogP contribution < -0.4 is 5.32 Å². The quantitative estimate of drug-likeness (QED) is 0.935. The van der Waals surface area contributed by atoms with Crippen molar-refractivity contribution in [1.29, 1.82) is 0 Å². The SMILES string of the molecule is O=C(NCC1CCOC1)c1cccc(-c2ccccc2)c1. The lowest BCUT2D eigenvalue weighted by atomic mass is 10.0. The largest absolute Gasteiger partial charge is 0.381 e. The molecule has 108 valence electrons. The number of carbonyl (C=O) groups is 1. The highest BCUT2D eigenvalue weighted by atomic mass is 16.5. The van der Waals surface area contributed by atoms with Crippen LogP contribution in [0.3, 0.4) is 0 Å². The molecule has 21 heavy (non-hydrogen) atoms. The Morgan fingerprint density at radius 2 is 1.90 bits per heavy atom. The van der Waals surface area contributed by atoms with Crippen LogP contribution in [-0.2, 0) is 4.74 Å². The van der Waals surface area contributed by atoms with Crippen LogP contribution in [0.1, 0.15) is 16.8 Å². The molecule has 1 amide bonds. The van der Waals surface area contributed by atoms with Crippen molar-refractivity contribution in [1.82, 2.24) is 5.32 Å². The topological polar surface area (TPSA) is 38.3 Å². The normalized spacial score (nSPS) is 17.6. The van der Waals surface area contributed by atoms with Crippen molar-refractivity contribution in [3.63, 3.8) is 0 Å². The summed E-state index contributed by atoms with van der Waals surface area (Å²) in [6, 6.07) is 17.8. The van der Waals surface area contributed by atoms with Gasteiger partial charge in [0.2, 0.25) is 0 Å². The molecule has 0 saturated carbocycles. The maximum absolute atomic E-state index is 12.2. The van der Waals surface area contributed by atoms with Gasteiger partial charge in [0.15, 0.2) is 0 Å². The van der Waals surface area contributed by atoms with E-state index in [1.54, 1.807) is 0 Å². The van der Waals surface area contributed by atoms with Crippen LogP contribution >= 0.6 is 0 Å². The molecule has 3 nitrogen and oxygen atoms in total. The van der Waals surface area contributed by atoms with E-state index in [0.29, 0.717) is 18.0 Å². The summed E-state index contributed by atoms with van der Waals surface area (Å²) in [5.74, 6) is 0.436. The van der Waals surface area contributed by atoms with E-state index >= 15 is 0 Å². The van der Waals surface area contributed by atoms with E-state index in [-0.39, 0.29) is 5.91 Å². The van der Waals surface area contributed by atoms with Gasteiger partial charge in [-0.05, 0) is 29.7 Å². The number of hydrogen-bond acceptors (Lipinski definition) is 2. The number of hydrogen-bond donors (Lipinski definition) is 1. The van der Waals surface area contributed by atoms with E-state index in [1.165, 1.54) is 0 Å². The molecule has 0 radical (unpaired) electrons. The summed E-state index contributed by atoms with van der Waals surface area (Å²) in [6.45, 7) is 2.25. The number of carbonyl (C=O) groups excluding carboxylic acids is 1. The minimum atomic E-state index is -0.0142. The number of ether oxygens (including phenoxy) is 1. The highest BCUT2D eigenvalue weighted by Gasteiger charge is 2.16. The van der Waals surface area contributed by atoms with Crippen LogP contribution in [0.4, 0.5) is 0 Å². The van der Waals surface area contributed by atoms with E-state index in [2.05, 4.69) is 5.32 Å². The highest BCUT2D eigenvalue weighted by Crippen LogP contribution is 2.20. The summed E-state index contributed by atoms with van der Waals surface area (Å²) < 4.78 is 5.32. The molecule has 2 aromatic rings. The van der Waals surface area contributed by atoms with E-state index in [0.717, 1.165) is 30.8 Å². The molecule has 3 heteroatoms. The summed E-state index contributed by atoms with van der Waals surface area (Å²) in [5, 5.41) is 3.00. The van der Waals surface area contributed by atoms with Gasteiger partial charge in [-0.2, -0.15) is 0 Å². The smallest absolute Gasteiger partial charge is 0.251 e. The van der Waals surface area contributed by atoms with Gasteiger partial charge in [0.25, 0.3) is 5.91 Å². The number of nitrogens with one attached hydrogen (secondary N) is 1. The van der Waals surface area contributed by atoms with Gasteiger partial charge in [0, 0.05) is 24.6 Å². The average Bonchev–Trinajstić information content (AvgIpc) is 3.07. The van der Waals surface area contributed by atoms with Crippen LogP contribution in [0.5, 0.6) is 0 Å². The van der Waals surface area contributed by atoms with Crippen LogP contribution in [0.2, 0.25) is 0 Å². The lowest BCUT2D eigenvalue weighted by molar-refractivity contribution is 0.0945. The summed E-state index contributed by atoms with van der Waals surface area (Å²) in [7, 11) is 0. The molecule has 0 bridgehead atoms. The minimum Gasteiger partial charge on any atom is -0.381 e. The van der Waals surface area contributed by atoms with Crippen LogP contribution in [0.15, 0.2) is 54.6 Å². The first-order chi connectivity index (χ1) is 10.3. The van der Waals surface area contributed by atoms with Gasteiger partial charge in [-0.3, -0.25) is 4.79 Å². The van der Waals surface area contributed by atoms with Crippen LogP contribution in [0.25, 0.3) is 11.1 Å². The Bertz CT molecular complexity index is 604. The second-order valence-electron chi connectivity index (χ2n) is 5.39. The molecule has 2 aromatic carbocycles. The lowest BCUT2D eigenvalue weighted by Crippen LogP contribution is -2.29. The molecule has 1 N–H and O–H groups in total. The first kappa shape index (κ1) is 13.8. The molecule has 1 unspecified atom stereocenters. The second kappa shape index (κ2) is 6.55. The summed E-state index contributed by atoms with van der Waals surface area (Å²) >= 11 is 0. The summed E-state index contributed by atoms with van der Waals surface area (Å²) in [6.07, 6.45) is 1.03. The Kier molecular flexibility index (Phi) is 4.31. The fraction of sp³-hybridized carbons (Fsp3) is 0.278. The van der Waals surface area contributed by atoms with Crippen molar-refractivity contribution >= 4 is 5.91 Å². The van der Waals surface area contributed by atoms with Gasteiger partial charge in [-0.25, -0.2) is 0 Å². The van der Waals surface area contributed by atoms with Crippen molar-refractivity contribution in [3.05, 3.63) is 60.2 Å². The van der Waals surface area contributed by atoms with Crippen LogP contribution in [0, 0.1) is 5.92 Å². The van der Waals surface area contributed by atoms with Gasteiger partial charge in [0.05, 0.1) is 6.61 Å². The number of amides is 1. The molecule has 3 rings (SSSR count).